The lowest BCUT2D eigenvalue weighted by Gasteiger charge is -2.54. The molecule has 7 heteroatoms. The van der Waals surface area contributed by atoms with E-state index in [1.165, 1.54) is 14.0 Å². The molecule has 0 aromatic carbocycles. The first kappa shape index (κ1) is 29.5. The third kappa shape index (κ3) is 4.92. The molecule has 0 heterocycles. The fraction of sp³-hybridized carbons (Fsp3) is 0.833. The maximum atomic E-state index is 14.0. The van der Waals surface area contributed by atoms with Gasteiger partial charge in [0.25, 0.3) is 0 Å². The number of ketones is 3. The predicted octanol–water partition coefficient (Wildman–Crippen LogP) is 5.26. The minimum absolute atomic E-state index is 0.0138. The Morgan fingerprint density at radius 2 is 1.65 bits per heavy atom. The van der Waals surface area contributed by atoms with E-state index in [2.05, 4.69) is 13.8 Å². The number of esters is 2. The summed E-state index contributed by atoms with van der Waals surface area (Å²) in [4.78, 5) is 65.3. The Labute approximate surface area is 221 Å². The van der Waals surface area contributed by atoms with Crippen molar-refractivity contribution in [3.8, 4) is 0 Å². The Morgan fingerprint density at radius 3 is 2.24 bits per heavy atom. The van der Waals surface area contributed by atoms with Gasteiger partial charge in [0.2, 0.25) is 5.78 Å². The van der Waals surface area contributed by atoms with Gasteiger partial charge in [-0.25, -0.2) is 0 Å². The van der Waals surface area contributed by atoms with E-state index < -0.39 is 39.5 Å². The van der Waals surface area contributed by atoms with Crippen molar-refractivity contribution in [2.45, 2.75) is 112 Å². The van der Waals surface area contributed by atoms with Crippen LogP contribution in [-0.4, -0.2) is 42.5 Å². The summed E-state index contributed by atoms with van der Waals surface area (Å²) in [6.45, 7) is 13.3. The summed E-state index contributed by atoms with van der Waals surface area (Å²) < 4.78 is 10.5. The Hall–Kier alpha value is -2.05. The molecule has 0 unspecified atom stereocenters. The molecule has 3 aliphatic carbocycles. The molecule has 3 saturated carbocycles. The van der Waals surface area contributed by atoms with Gasteiger partial charge in [0.1, 0.15) is 11.9 Å². The second kappa shape index (κ2) is 10.3. The summed E-state index contributed by atoms with van der Waals surface area (Å²) in [5, 5.41) is 0. The summed E-state index contributed by atoms with van der Waals surface area (Å²) in [6.07, 6.45) is 3.85. The fourth-order valence-electron chi connectivity index (χ4n) is 8.35. The van der Waals surface area contributed by atoms with Crippen molar-refractivity contribution in [2.24, 2.45) is 39.4 Å². The van der Waals surface area contributed by atoms with Gasteiger partial charge in [0.05, 0.1) is 7.11 Å². The van der Waals surface area contributed by atoms with Gasteiger partial charge in [-0.3, -0.25) is 24.0 Å². The number of Topliss-reactive ketones (excluding diaryl/α,β-unsaturated/α-hetero) is 3. The number of methoxy groups -OCH3 is 1. The molecule has 0 amide bonds. The van der Waals surface area contributed by atoms with Crippen molar-refractivity contribution in [3.63, 3.8) is 0 Å². The SMILES string of the molecule is COC(=O)CC[C@@H](C)[C@H]1CC[C@@]2(C)C(=O)C(=O)C[C@@H]3C(C)(C)[C@@H](OC(C)=O)CC[C@]3(C)C(=O)CC[C@]12C. The maximum Gasteiger partial charge on any atom is 0.305 e. The second-order valence-electron chi connectivity index (χ2n) is 13.3. The van der Waals surface area contributed by atoms with E-state index in [4.69, 9.17) is 9.47 Å². The lowest BCUT2D eigenvalue weighted by molar-refractivity contribution is -0.174. The van der Waals surface area contributed by atoms with Crippen LogP contribution in [0.4, 0.5) is 0 Å². The molecule has 0 saturated heterocycles. The van der Waals surface area contributed by atoms with E-state index in [0.29, 0.717) is 44.9 Å². The maximum absolute atomic E-state index is 14.0. The van der Waals surface area contributed by atoms with Crippen LogP contribution in [0.3, 0.4) is 0 Å². The molecule has 0 radical (unpaired) electrons. The zero-order valence-electron chi connectivity index (χ0n) is 24.0. The van der Waals surface area contributed by atoms with Crippen LogP contribution >= 0.6 is 0 Å². The molecule has 0 aromatic rings. The molecule has 3 fully saturated rings. The molecule has 0 aromatic heterocycles. The first-order valence-electron chi connectivity index (χ1n) is 13.9. The fourth-order valence-corrected chi connectivity index (χ4v) is 8.35. The van der Waals surface area contributed by atoms with Crippen molar-refractivity contribution < 1.29 is 33.4 Å². The van der Waals surface area contributed by atoms with E-state index in [-0.39, 0.29) is 41.8 Å². The molecule has 3 aliphatic rings. The average Bonchev–Trinajstić information content (AvgIpc) is 3.10. The zero-order valence-corrected chi connectivity index (χ0v) is 24.0. The molecule has 7 atom stereocenters. The Morgan fingerprint density at radius 1 is 1.00 bits per heavy atom. The third-order valence-electron chi connectivity index (χ3n) is 11.1. The van der Waals surface area contributed by atoms with Gasteiger partial charge < -0.3 is 9.47 Å². The van der Waals surface area contributed by atoms with Crippen molar-refractivity contribution >= 4 is 29.3 Å². The number of carbonyl (C=O) groups is 5. The highest BCUT2D eigenvalue weighted by atomic mass is 16.5. The van der Waals surface area contributed by atoms with Crippen molar-refractivity contribution in [1.82, 2.24) is 0 Å². The van der Waals surface area contributed by atoms with E-state index in [1.807, 2.05) is 27.7 Å². The minimum atomic E-state index is -0.865. The van der Waals surface area contributed by atoms with Crippen molar-refractivity contribution in [1.29, 1.82) is 0 Å². The number of ether oxygens (including phenoxy) is 2. The van der Waals surface area contributed by atoms with Crippen LogP contribution in [0, 0.1) is 39.4 Å². The van der Waals surface area contributed by atoms with Gasteiger partial charge in [-0.2, -0.15) is 0 Å². The summed E-state index contributed by atoms with van der Waals surface area (Å²) in [5.74, 6) is -1.39. The number of rotatable bonds is 5. The summed E-state index contributed by atoms with van der Waals surface area (Å²) in [5.41, 5.74) is -2.80. The van der Waals surface area contributed by atoms with Gasteiger partial charge in [-0.15, -0.1) is 0 Å². The highest BCUT2D eigenvalue weighted by molar-refractivity contribution is 6.39. The van der Waals surface area contributed by atoms with Gasteiger partial charge in [-0.05, 0) is 61.7 Å². The smallest absolute Gasteiger partial charge is 0.305 e. The van der Waals surface area contributed by atoms with E-state index >= 15 is 0 Å². The quantitative estimate of drug-likeness (QED) is 0.361. The lowest BCUT2D eigenvalue weighted by atomic mass is 9.50. The zero-order chi connectivity index (χ0) is 28.0. The van der Waals surface area contributed by atoms with Crippen LogP contribution in [0.5, 0.6) is 0 Å². The molecule has 7 nitrogen and oxygen atoms in total. The Bertz CT molecular complexity index is 967. The first-order chi connectivity index (χ1) is 17.0. The van der Waals surface area contributed by atoms with Crippen LogP contribution < -0.4 is 0 Å². The third-order valence-corrected chi connectivity index (χ3v) is 11.1. The van der Waals surface area contributed by atoms with Gasteiger partial charge in [0.15, 0.2) is 5.78 Å². The molecular formula is C30H46O7. The summed E-state index contributed by atoms with van der Waals surface area (Å²) >= 11 is 0. The second-order valence-corrected chi connectivity index (χ2v) is 13.3. The highest BCUT2D eigenvalue weighted by Gasteiger charge is 2.63. The van der Waals surface area contributed by atoms with E-state index in [9.17, 15) is 24.0 Å². The van der Waals surface area contributed by atoms with Gasteiger partial charge in [0, 0.05) is 42.4 Å². The topological polar surface area (TPSA) is 104 Å². The minimum Gasteiger partial charge on any atom is -0.469 e. The number of carbonyl (C=O) groups excluding carboxylic acids is 5. The molecule has 0 bridgehead atoms. The molecule has 0 N–H and O–H groups in total. The van der Waals surface area contributed by atoms with Gasteiger partial charge in [-0.1, -0.05) is 41.5 Å². The number of hydrogen-bond donors (Lipinski definition) is 0. The molecular weight excluding hydrogens is 472 g/mol. The van der Waals surface area contributed by atoms with Crippen LogP contribution in [0.2, 0.25) is 0 Å². The normalized spacial score (nSPS) is 38.8. The summed E-state index contributed by atoms with van der Waals surface area (Å²) in [6, 6.07) is 0. The predicted molar refractivity (Wildman–Crippen MR) is 138 cm³/mol. The van der Waals surface area contributed by atoms with E-state index in [1.54, 1.807) is 0 Å². The Balaban J connectivity index is 1.98. The van der Waals surface area contributed by atoms with Crippen LogP contribution in [0.25, 0.3) is 0 Å². The number of fused-ring (bicyclic) bond motifs is 2. The molecule has 3 rings (SSSR count). The average molecular weight is 519 g/mol. The lowest BCUT2D eigenvalue weighted by Crippen LogP contribution is -2.57. The monoisotopic (exact) mass is 518 g/mol. The van der Waals surface area contributed by atoms with Gasteiger partial charge >= 0.3 is 11.9 Å². The largest absolute Gasteiger partial charge is 0.469 e. The first-order valence-corrected chi connectivity index (χ1v) is 13.9. The molecule has 0 spiro atoms. The highest BCUT2D eigenvalue weighted by Crippen LogP contribution is 2.63. The standard InChI is InChI=1S/C30H46O7/c1-18(9-10-25(34)36-8)20-11-15-30(7)26(35)21(32)17-22-27(3,4)24(37-19(2)31)13-14-28(22,5)23(33)12-16-29(20,30)6/h18,20,22,24H,9-17H2,1-8H3/t18-,20-,22-,24+,28+,29-,30+/m1/s1. The van der Waals surface area contributed by atoms with Crippen LogP contribution in [-0.2, 0) is 33.4 Å². The molecule has 208 valence electrons. The van der Waals surface area contributed by atoms with E-state index in [0.717, 1.165) is 6.42 Å². The molecule has 0 aliphatic heterocycles. The molecule has 37 heavy (non-hydrogen) atoms. The van der Waals surface area contributed by atoms with Crippen molar-refractivity contribution in [2.75, 3.05) is 7.11 Å². The summed E-state index contributed by atoms with van der Waals surface area (Å²) in [7, 11) is 1.38. The van der Waals surface area contributed by atoms with Crippen molar-refractivity contribution in [3.05, 3.63) is 0 Å². The van der Waals surface area contributed by atoms with Crippen LogP contribution in [0.15, 0.2) is 0 Å². The number of hydrogen-bond acceptors (Lipinski definition) is 7. The Kier molecular flexibility index (Phi) is 8.18. The van der Waals surface area contributed by atoms with Crippen LogP contribution in [0.1, 0.15) is 106 Å².